The number of thiocarbonyl (C=S) groups is 1. The summed E-state index contributed by atoms with van der Waals surface area (Å²) in [5, 5.41) is 12.6. The van der Waals surface area contributed by atoms with Crippen molar-refractivity contribution < 1.29 is 18.8 Å². The summed E-state index contributed by atoms with van der Waals surface area (Å²) in [5.74, 6) is -0.307. The topological polar surface area (TPSA) is 105 Å². The van der Waals surface area contributed by atoms with Gasteiger partial charge in [0.1, 0.15) is 5.76 Å². The number of rotatable bonds is 6. The second-order valence-electron chi connectivity index (χ2n) is 5.97. The van der Waals surface area contributed by atoms with Gasteiger partial charge in [-0.05, 0) is 55.5 Å². The van der Waals surface area contributed by atoms with Crippen LogP contribution in [-0.4, -0.2) is 28.8 Å². The van der Waals surface area contributed by atoms with E-state index >= 15 is 0 Å². The third-order valence-electron chi connectivity index (χ3n) is 3.64. The van der Waals surface area contributed by atoms with Crippen LogP contribution in [-0.2, 0) is 9.53 Å². The number of aromatic nitrogens is 1. The third kappa shape index (κ3) is 6.15. The van der Waals surface area contributed by atoms with Crippen LogP contribution in [0.5, 0.6) is 0 Å². The molecule has 0 fully saturated rings. The van der Waals surface area contributed by atoms with E-state index < -0.39 is 18.5 Å². The number of amides is 1. The molecule has 1 amide bonds. The fourth-order valence-corrected chi connectivity index (χ4v) is 2.56. The highest BCUT2D eigenvalue weighted by Crippen LogP contribution is 2.12. The summed E-state index contributed by atoms with van der Waals surface area (Å²) in [6.07, 6.45) is 0. The molecule has 1 aromatic heterocycles. The van der Waals surface area contributed by atoms with Crippen LogP contribution in [0.15, 0.2) is 65.2 Å². The molecule has 0 saturated heterocycles. The molecule has 0 aliphatic rings. The maximum absolute atomic E-state index is 12.1. The summed E-state index contributed by atoms with van der Waals surface area (Å²) in [7, 11) is 0. The van der Waals surface area contributed by atoms with Crippen LogP contribution in [0.3, 0.4) is 0 Å². The van der Waals surface area contributed by atoms with Gasteiger partial charge in [-0.15, -0.1) is 0 Å². The van der Waals surface area contributed by atoms with Crippen LogP contribution in [0.4, 0.5) is 17.2 Å². The highest BCUT2D eigenvalue weighted by Gasteiger charge is 2.12. The lowest BCUT2D eigenvalue weighted by Crippen LogP contribution is -2.21. The van der Waals surface area contributed by atoms with E-state index in [4.69, 9.17) is 21.5 Å². The molecule has 9 heteroatoms. The smallest absolute Gasteiger partial charge is 0.338 e. The van der Waals surface area contributed by atoms with Crippen molar-refractivity contribution in [2.75, 3.05) is 22.6 Å². The summed E-state index contributed by atoms with van der Waals surface area (Å²) < 4.78 is 9.84. The summed E-state index contributed by atoms with van der Waals surface area (Å²) in [4.78, 5) is 23.9. The molecule has 148 valence electrons. The Bertz CT molecular complexity index is 1000. The van der Waals surface area contributed by atoms with Crippen molar-refractivity contribution in [1.29, 1.82) is 0 Å². The van der Waals surface area contributed by atoms with E-state index in [1.54, 1.807) is 37.3 Å². The lowest BCUT2D eigenvalue weighted by atomic mass is 10.2. The zero-order valence-corrected chi connectivity index (χ0v) is 16.3. The largest absolute Gasteiger partial charge is 0.452 e. The lowest BCUT2D eigenvalue weighted by molar-refractivity contribution is -0.119. The molecular weight excluding hydrogens is 392 g/mol. The number of anilines is 3. The van der Waals surface area contributed by atoms with E-state index in [0.717, 1.165) is 5.69 Å². The Morgan fingerprint density at radius 1 is 1.00 bits per heavy atom. The van der Waals surface area contributed by atoms with Gasteiger partial charge in [0.15, 0.2) is 17.5 Å². The molecule has 0 radical (unpaired) electrons. The predicted molar refractivity (Wildman–Crippen MR) is 113 cm³/mol. The van der Waals surface area contributed by atoms with Gasteiger partial charge in [-0.25, -0.2) is 4.79 Å². The number of ether oxygens (including phenoxy) is 1. The van der Waals surface area contributed by atoms with E-state index in [9.17, 15) is 9.59 Å². The molecule has 2 aromatic carbocycles. The third-order valence-corrected chi connectivity index (χ3v) is 3.84. The lowest BCUT2D eigenvalue weighted by Gasteiger charge is -2.11. The van der Waals surface area contributed by atoms with E-state index in [1.165, 1.54) is 0 Å². The van der Waals surface area contributed by atoms with Crippen LogP contribution in [0, 0.1) is 6.92 Å². The molecular formula is C20H18N4O4S. The average Bonchev–Trinajstić information content (AvgIpc) is 3.12. The first-order valence-corrected chi connectivity index (χ1v) is 9.04. The number of aryl methyl sites for hydroxylation is 1. The minimum Gasteiger partial charge on any atom is -0.452 e. The van der Waals surface area contributed by atoms with Crippen LogP contribution in [0.1, 0.15) is 16.1 Å². The Hall–Kier alpha value is -3.72. The zero-order valence-electron chi connectivity index (χ0n) is 15.5. The van der Waals surface area contributed by atoms with Gasteiger partial charge in [0.05, 0.1) is 5.56 Å². The number of nitrogens with zero attached hydrogens (tertiary/aromatic N) is 1. The first kappa shape index (κ1) is 20.0. The summed E-state index contributed by atoms with van der Waals surface area (Å²) >= 11 is 5.26. The minimum atomic E-state index is -0.618. The molecule has 0 unspecified atom stereocenters. The van der Waals surface area contributed by atoms with E-state index in [0.29, 0.717) is 22.1 Å². The van der Waals surface area contributed by atoms with Crippen molar-refractivity contribution in [1.82, 2.24) is 5.16 Å². The van der Waals surface area contributed by atoms with Gasteiger partial charge < -0.3 is 25.2 Å². The van der Waals surface area contributed by atoms with Crippen LogP contribution >= 0.6 is 12.2 Å². The number of hydrogen-bond donors (Lipinski definition) is 3. The SMILES string of the molecule is Cc1cc(NC(=O)COC(=O)c2ccc(NC(=S)Nc3ccccc3)cc2)no1. The van der Waals surface area contributed by atoms with E-state index in [-0.39, 0.29) is 5.82 Å². The van der Waals surface area contributed by atoms with Gasteiger partial charge in [-0.3, -0.25) is 4.79 Å². The summed E-state index contributed by atoms with van der Waals surface area (Å²) in [6.45, 7) is 1.27. The number of benzene rings is 2. The summed E-state index contributed by atoms with van der Waals surface area (Å²) in [6, 6.07) is 17.6. The molecule has 3 aromatic rings. The van der Waals surface area contributed by atoms with Gasteiger partial charge in [-0.1, -0.05) is 23.4 Å². The maximum Gasteiger partial charge on any atom is 0.338 e. The van der Waals surface area contributed by atoms with Crippen molar-refractivity contribution in [3.05, 3.63) is 72.0 Å². The van der Waals surface area contributed by atoms with E-state index in [1.807, 2.05) is 30.3 Å². The Morgan fingerprint density at radius 2 is 1.66 bits per heavy atom. The molecule has 0 spiro atoms. The number of carbonyl (C=O) groups excluding carboxylic acids is 2. The Morgan fingerprint density at radius 3 is 2.28 bits per heavy atom. The molecule has 0 aliphatic heterocycles. The molecule has 1 heterocycles. The van der Waals surface area contributed by atoms with Crippen molar-refractivity contribution in [3.63, 3.8) is 0 Å². The summed E-state index contributed by atoms with van der Waals surface area (Å²) in [5.41, 5.74) is 1.88. The van der Waals surface area contributed by atoms with Gasteiger partial charge in [0, 0.05) is 17.4 Å². The van der Waals surface area contributed by atoms with E-state index in [2.05, 4.69) is 21.1 Å². The normalized spacial score (nSPS) is 10.1. The fourth-order valence-electron chi connectivity index (χ4n) is 2.32. The van der Waals surface area contributed by atoms with Gasteiger partial charge in [0.2, 0.25) is 0 Å². The zero-order chi connectivity index (χ0) is 20.6. The van der Waals surface area contributed by atoms with Crippen molar-refractivity contribution >= 4 is 46.4 Å². The van der Waals surface area contributed by atoms with Crippen LogP contribution < -0.4 is 16.0 Å². The quantitative estimate of drug-likeness (QED) is 0.418. The number of para-hydroxylation sites is 1. The fraction of sp³-hybridized carbons (Fsp3) is 0.100. The minimum absolute atomic E-state index is 0.263. The molecule has 0 saturated carbocycles. The maximum atomic E-state index is 12.1. The Balaban J connectivity index is 1.46. The second-order valence-corrected chi connectivity index (χ2v) is 6.38. The number of esters is 1. The number of carbonyl (C=O) groups is 2. The van der Waals surface area contributed by atoms with Gasteiger partial charge in [0.25, 0.3) is 5.91 Å². The van der Waals surface area contributed by atoms with Crippen LogP contribution in [0.2, 0.25) is 0 Å². The standard InChI is InChI=1S/C20H18N4O4S/c1-13-11-17(24-28-13)23-18(25)12-27-19(26)14-7-9-16(10-8-14)22-20(29)21-15-5-3-2-4-6-15/h2-11H,12H2,1H3,(H2,21,22,29)(H,23,24,25). The predicted octanol–water partition coefficient (Wildman–Crippen LogP) is 3.59. The first-order chi connectivity index (χ1) is 14.0. The van der Waals surface area contributed by atoms with Crippen molar-refractivity contribution in [2.24, 2.45) is 0 Å². The Kier molecular flexibility index (Phi) is 6.54. The average molecular weight is 410 g/mol. The van der Waals surface area contributed by atoms with Crippen molar-refractivity contribution in [2.45, 2.75) is 6.92 Å². The van der Waals surface area contributed by atoms with Crippen LogP contribution in [0.25, 0.3) is 0 Å². The molecule has 3 N–H and O–H groups in total. The number of nitrogens with one attached hydrogen (secondary N) is 3. The van der Waals surface area contributed by atoms with Crippen molar-refractivity contribution in [3.8, 4) is 0 Å². The van der Waals surface area contributed by atoms with Gasteiger partial charge in [-0.2, -0.15) is 0 Å². The monoisotopic (exact) mass is 410 g/mol. The first-order valence-electron chi connectivity index (χ1n) is 8.63. The second kappa shape index (κ2) is 9.47. The molecule has 0 aliphatic carbocycles. The van der Waals surface area contributed by atoms with Gasteiger partial charge >= 0.3 is 5.97 Å². The molecule has 0 bridgehead atoms. The highest BCUT2D eigenvalue weighted by molar-refractivity contribution is 7.80. The molecule has 0 atom stereocenters. The molecule has 29 heavy (non-hydrogen) atoms. The Labute approximate surface area is 172 Å². The number of hydrogen-bond acceptors (Lipinski definition) is 6. The molecule has 3 rings (SSSR count). The highest BCUT2D eigenvalue weighted by atomic mass is 32.1. The molecule has 8 nitrogen and oxygen atoms in total.